The predicted octanol–water partition coefficient (Wildman–Crippen LogP) is -2.26. The van der Waals surface area contributed by atoms with Gasteiger partial charge in [-0.3, -0.25) is 10.1 Å². The monoisotopic (exact) mass is 177 g/mol. The van der Waals surface area contributed by atoms with Crippen LogP contribution in [0, 0.1) is 0 Å². The van der Waals surface area contributed by atoms with Gasteiger partial charge in [0, 0.05) is 5.22 Å². The van der Waals surface area contributed by atoms with Crippen LogP contribution >= 0.6 is 12.2 Å². The molecule has 0 aliphatic heterocycles. The number of nitrogens with two attached hydrogens (primary N) is 1. The fraction of sp³-hybridized carbons (Fsp3) is 0.500. The summed E-state index contributed by atoms with van der Waals surface area (Å²) in [5.41, 5.74) is 0. The van der Waals surface area contributed by atoms with Gasteiger partial charge in [0.2, 0.25) is 0 Å². The summed E-state index contributed by atoms with van der Waals surface area (Å²) in [5, 5.41) is 16.3. The SMILES string of the molecule is N/N=[NH+]\C(=S)NCCC(=O)O. The van der Waals surface area contributed by atoms with Crippen molar-refractivity contribution in [2.24, 2.45) is 11.1 Å². The standard InChI is InChI=1S/C4H8N4O2S/c5-8-7-4(11)6-2-1-3(9)10/h1-2H2,(H,9,10)(H3,5,6,7,11)/p+1. The maximum atomic E-state index is 9.99. The topological polar surface area (TPSA) is 102 Å². The molecule has 0 saturated heterocycles. The molecule has 0 aromatic heterocycles. The number of rotatable bonds is 3. The fourth-order valence-corrected chi connectivity index (χ4v) is 0.536. The zero-order valence-corrected chi connectivity index (χ0v) is 6.52. The van der Waals surface area contributed by atoms with E-state index >= 15 is 0 Å². The van der Waals surface area contributed by atoms with Crippen molar-refractivity contribution < 1.29 is 15.0 Å². The average molecular weight is 177 g/mol. The Bertz CT molecular complexity index is 181. The second-order valence-corrected chi connectivity index (χ2v) is 2.05. The molecule has 0 radical (unpaired) electrons. The molecule has 0 saturated carbocycles. The Labute approximate surface area is 68.5 Å². The lowest BCUT2D eigenvalue weighted by molar-refractivity contribution is -0.407. The van der Waals surface area contributed by atoms with Crippen molar-refractivity contribution in [3.05, 3.63) is 0 Å². The summed E-state index contributed by atoms with van der Waals surface area (Å²) in [5.74, 6) is 3.85. The molecule has 0 aliphatic rings. The van der Waals surface area contributed by atoms with Crippen molar-refractivity contribution in [3.8, 4) is 0 Å². The van der Waals surface area contributed by atoms with Crippen LogP contribution in [0.2, 0.25) is 0 Å². The highest BCUT2D eigenvalue weighted by atomic mass is 32.1. The molecule has 0 fully saturated rings. The van der Waals surface area contributed by atoms with Gasteiger partial charge >= 0.3 is 11.1 Å². The Morgan fingerprint density at radius 1 is 1.82 bits per heavy atom. The van der Waals surface area contributed by atoms with Crippen LogP contribution in [0.1, 0.15) is 6.42 Å². The van der Waals surface area contributed by atoms with E-state index in [0.717, 1.165) is 0 Å². The Hall–Kier alpha value is -1.24. The number of nitrogens with zero attached hydrogens (tertiary/aromatic N) is 1. The second-order valence-electron chi connectivity index (χ2n) is 1.64. The lowest BCUT2D eigenvalue weighted by Crippen LogP contribution is -2.75. The van der Waals surface area contributed by atoms with Crippen molar-refractivity contribution in [1.82, 2.24) is 5.32 Å². The number of thiocarbonyl (C=S) groups is 1. The van der Waals surface area contributed by atoms with Gasteiger partial charge in [0.05, 0.1) is 13.0 Å². The van der Waals surface area contributed by atoms with Crippen molar-refractivity contribution in [3.63, 3.8) is 0 Å². The zero-order valence-electron chi connectivity index (χ0n) is 5.70. The van der Waals surface area contributed by atoms with E-state index in [1.807, 2.05) is 0 Å². The van der Waals surface area contributed by atoms with Gasteiger partial charge in [-0.25, -0.2) is 5.84 Å². The molecule has 0 amide bonds. The fourth-order valence-electron chi connectivity index (χ4n) is 0.381. The molecule has 11 heavy (non-hydrogen) atoms. The molecule has 6 nitrogen and oxygen atoms in total. The number of nitrogens with one attached hydrogen (secondary N) is 2. The summed E-state index contributed by atoms with van der Waals surface area (Å²) in [7, 11) is 0. The van der Waals surface area contributed by atoms with Crippen LogP contribution < -0.4 is 16.3 Å². The minimum Gasteiger partial charge on any atom is -0.481 e. The molecule has 0 bridgehead atoms. The highest BCUT2D eigenvalue weighted by molar-refractivity contribution is 7.79. The Balaban J connectivity index is 3.39. The molecule has 0 aromatic carbocycles. The van der Waals surface area contributed by atoms with E-state index in [4.69, 9.17) is 10.9 Å². The molecule has 0 heterocycles. The number of carbonyl (C=O) groups is 1. The molecule has 0 aromatic rings. The van der Waals surface area contributed by atoms with Crippen molar-refractivity contribution >= 4 is 23.3 Å². The molecule has 7 heteroatoms. The molecule has 62 valence electrons. The average Bonchev–Trinajstić information content (AvgIpc) is 1.87. The van der Waals surface area contributed by atoms with E-state index in [1.165, 1.54) is 0 Å². The zero-order chi connectivity index (χ0) is 8.69. The molecule has 0 atom stereocenters. The van der Waals surface area contributed by atoms with Gasteiger partial charge in [0.1, 0.15) is 0 Å². The van der Waals surface area contributed by atoms with Crippen LogP contribution in [0.3, 0.4) is 0 Å². The minimum atomic E-state index is -0.884. The first-order valence-electron chi connectivity index (χ1n) is 2.82. The third kappa shape index (κ3) is 6.65. The third-order valence-corrected chi connectivity index (χ3v) is 1.03. The van der Waals surface area contributed by atoms with Crippen molar-refractivity contribution in [2.75, 3.05) is 6.54 Å². The third-order valence-electron chi connectivity index (χ3n) is 0.791. The summed E-state index contributed by atoms with van der Waals surface area (Å²) in [6.07, 6.45) is 0.00634. The number of hydrogen-bond acceptors (Lipinski definition) is 3. The molecule has 0 aliphatic carbocycles. The van der Waals surface area contributed by atoms with Gasteiger partial charge < -0.3 is 5.11 Å². The van der Waals surface area contributed by atoms with E-state index in [2.05, 4.69) is 27.9 Å². The Morgan fingerprint density at radius 3 is 2.91 bits per heavy atom. The molecule has 0 rings (SSSR count). The number of carboxylic acids is 1. The van der Waals surface area contributed by atoms with Crippen LogP contribution in [-0.2, 0) is 4.79 Å². The maximum Gasteiger partial charge on any atom is 0.306 e. The molecular formula is C4H9N4O2S+. The largest absolute Gasteiger partial charge is 0.481 e. The summed E-state index contributed by atoms with van der Waals surface area (Å²) in [4.78, 5) is 9.99. The molecule has 5 N–H and O–H groups in total. The summed E-state index contributed by atoms with van der Waals surface area (Å²) in [6, 6.07) is 0. The maximum absolute atomic E-state index is 9.99. The van der Waals surface area contributed by atoms with E-state index in [-0.39, 0.29) is 18.1 Å². The highest BCUT2D eigenvalue weighted by Crippen LogP contribution is 1.73. The first-order chi connectivity index (χ1) is 5.16. The van der Waals surface area contributed by atoms with Gasteiger partial charge in [-0.05, 0) is 12.2 Å². The summed E-state index contributed by atoms with van der Waals surface area (Å²) >= 11 is 4.62. The normalized spacial score (nSPS) is 9.82. The number of hydrogen-bond donors (Lipinski definition) is 4. The van der Waals surface area contributed by atoms with Crippen LogP contribution in [0.5, 0.6) is 0 Å². The molecular weight excluding hydrogens is 168 g/mol. The van der Waals surface area contributed by atoms with Crippen molar-refractivity contribution in [2.45, 2.75) is 6.42 Å². The Kier molecular flexibility index (Phi) is 4.91. The van der Waals surface area contributed by atoms with Crippen molar-refractivity contribution in [1.29, 1.82) is 0 Å². The summed E-state index contributed by atoms with van der Waals surface area (Å²) in [6.45, 7) is 0.261. The highest BCUT2D eigenvalue weighted by Gasteiger charge is 1.99. The first-order valence-corrected chi connectivity index (χ1v) is 3.23. The van der Waals surface area contributed by atoms with Gasteiger partial charge in [-0.2, -0.15) is 0 Å². The van der Waals surface area contributed by atoms with Crippen LogP contribution in [0.25, 0.3) is 0 Å². The predicted molar refractivity (Wildman–Crippen MR) is 40.4 cm³/mol. The van der Waals surface area contributed by atoms with Crippen LogP contribution in [-0.4, -0.2) is 22.7 Å². The van der Waals surface area contributed by atoms with E-state index in [9.17, 15) is 4.79 Å². The van der Waals surface area contributed by atoms with E-state index < -0.39 is 5.97 Å². The minimum absolute atomic E-state index is 0.00634. The Morgan fingerprint density at radius 2 is 2.45 bits per heavy atom. The molecule has 0 spiro atoms. The van der Waals surface area contributed by atoms with Gasteiger partial charge in [0.25, 0.3) is 0 Å². The van der Waals surface area contributed by atoms with Gasteiger partial charge in [0.15, 0.2) is 0 Å². The van der Waals surface area contributed by atoms with Crippen LogP contribution in [0.15, 0.2) is 5.22 Å². The first kappa shape index (κ1) is 9.76. The lowest BCUT2D eigenvalue weighted by atomic mass is 10.4. The van der Waals surface area contributed by atoms with Gasteiger partial charge in [-0.15, -0.1) is 5.11 Å². The second kappa shape index (κ2) is 5.54. The smallest absolute Gasteiger partial charge is 0.306 e. The van der Waals surface area contributed by atoms with E-state index in [0.29, 0.717) is 0 Å². The summed E-state index contributed by atoms with van der Waals surface area (Å²) < 4.78 is 0. The number of carboxylic acid groups (broad SMARTS) is 1. The molecule has 0 unspecified atom stereocenters. The van der Waals surface area contributed by atoms with Gasteiger partial charge in [-0.1, -0.05) is 0 Å². The number of aliphatic carboxylic acids is 1. The quantitative estimate of drug-likeness (QED) is 0.169. The van der Waals surface area contributed by atoms with E-state index in [1.54, 1.807) is 0 Å². The lowest BCUT2D eigenvalue weighted by Gasteiger charge is -1.93. The van der Waals surface area contributed by atoms with Crippen LogP contribution in [0.4, 0.5) is 0 Å².